The molecule has 1 aliphatic heterocycles. The van der Waals surface area contributed by atoms with Gasteiger partial charge in [0, 0.05) is 18.5 Å². The maximum Gasteiger partial charge on any atom is 0.260 e. The van der Waals surface area contributed by atoms with Crippen molar-refractivity contribution in [2.24, 2.45) is 5.92 Å². The lowest BCUT2D eigenvalue weighted by molar-refractivity contribution is -0.137. The summed E-state index contributed by atoms with van der Waals surface area (Å²) in [7, 11) is 0. The Morgan fingerprint density at radius 1 is 1.06 bits per heavy atom. The molecular formula is C28H34N2O3. The van der Waals surface area contributed by atoms with Crippen LogP contribution in [-0.4, -0.2) is 35.4 Å². The minimum atomic E-state index is -0.555. The fourth-order valence-corrected chi connectivity index (χ4v) is 5.31. The number of carbonyl (C=O) groups is 2. The molecule has 2 fully saturated rings. The average Bonchev–Trinajstić information content (AvgIpc) is 3.45. The smallest absolute Gasteiger partial charge is 0.260 e. The highest BCUT2D eigenvalue weighted by atomic mass is 16.5. The van der Waals surface area contributed by atoms with E-state index in [1.165, 1.54) is 11.1 Å². The predicted molar refractivity (Wildman–Crippen MR) is 128 cm³/mol. The van der Waals surface area contributed by atoms with Gasteiger partial charge >= 0.3 is 0 Å². The maximum atomic E-state index is 13.6. The summed E-state index contributed by atoms with van der Waals surface area (Å²) in [6.45, 7) is 4.63. The van der Waals surface area contributed by atoms with Gasteiger partial charge in [-0.3, -0.25) is 9.59 Å². The SMILES string of the molecule is Cc1cccc([C@@H]2c3cc(O[C@@H](C)C(=O)NC4CC4)ccc3CCN2C(=O)C2CCCC2)c1. The van der Waals surface area contributed by atoms with Crippen LogP contribution in [0.3, 0.4) is 0 Å². The molecule has 2 atom stereocenters. The van der Waals surface area contributed by atoms with Gasteiger partial charge in [0.2, 0.25) is 5.91 Å². The number of nitrogens with one attached hydrogen (secondary N) is 1. The lowest BCUT2D eigenvalue weighted by atomic mass is 9.86. The van der Waals surface area contributed by atoms with Gasteiger partial charge in [-0.25, -0.2) is 0 Å². The van der Waals surface area contributed by atoms with E-state index < -0.39 is 6.10 Å². The van der Waals surface area contributed by atoms with Gasteiger partial charge in [-0.2, -0.15) is 0 Å². The molecule has 0 spiro atoms. The first-order valence-electron chi connectivity index (χ1n) is 12.5. The van der Waals surface area contributed by atoms with Crippen molar-refractivity contribution in [3.05, 3.63) is 64.7 Å². The number of ether oxygens (including phenoxy) is 1. The van der Waals surface area contributed by atoms with Crippen molar-refractivity contribution >= 4 is 11.8 Å². The van der Waals surface area contributed by atoms with Crippen molar-refractivity contribution in [3.8, 4) is 5.75 Å². The molecule has 0 unspecified atom stereocenters. The van der Waals surface area contributed by atoms with Crippen LogP contribution in [0.5, 0.6) is 5.75 Å². The van der Waals surface area contributed by atoms with E-state index in [1.807, 2.05) is 6.07 Å². The van der Waals surface area contributed by atoms with Crippen molar-refractivity contribution in [1.29, 1.82) is 0 Å². The number of aryl methyl sites for hydroxylation is 1. The number of fused-ring (bicyclic) bond motifs is 1. The molecule has 2 aliphatic carbocycles. The number of carbonyl (C=O) groups excluding carboxylic acids is 2. The molecule has 2 saturated carbocycles. The fourth-order valence-electron chi connectivity index (χ4n) is 5.31. The number of hydrogen-bond donors (Lipinski definition) is 1. The third kappa shape index (κ3) is 4.78. The summed E-state index contributed by atoms with van der Waals surface area (Å²) in [6.07, 6.45) is 6.69. The second-order valence-corrected chi connectivity index (χ2v) is 9.98. The van der Waals surface area contributed by atoms with E-state index in [4.69, 9.17) is 4.74 Å². The molecule has 0 radical (unpaired) electrons. The Hall–Kier alpha value is -2.82. The third-order valence-corrected chi connectivity index (χ3v) is 7.30. The summed E-state index contributed by atoms with van der Waals surface area (Å²) in [6, 6.07) is 14.8. The van der Waals surface area contributed by atoms with Crippen molar-refractivity contribution < 1.29 is 14.3 Å². The molecular weight excluding hydrogens is 412 g/mol. The number of rotatable bonds is 6. The summed E-state index contributed by atoms with van der Waals surface area (Å²) in [4.78, 5) is 28.1. The van der Waals surface area contributed by atoms with E-state index in [-0.39, 0.29) is 23.8 Å². The molecule has 1 N–H and O–H groups in total. The van der Waals surface area contributed by atoms with Crippen molar-refractivity contribution in [2.45, 2.75) is 77.0 Å². The van der Waals surface area contributed by atoms with Crippen molar-refractivity contribution in [2.75, 3.05) is 6.54 Å². The van der Waals surface area contributed by atoms with Gasteiger partial charge in [0.1, 0.15) is 5.75 Å². The van der Waals surface area contributed by atoms with Crippen LogP contribution in [-0.2, 0) is 16.0 Å². The van der Waals surface area contributed by atoms with E-state index in [9.17, 15) is 9.59 Å². The number of nitrogens with zero attached hydrogens (tertiary/aromatic N) is 1. The van der Waals surface area contributed by atoms with Crippen LogP contribution in [0.25, 0.3) is 0 Å². The highest BCUT2D eigenvalue weighted by molar-refractivity contribution is 5.81. The minimum Gasteiger partial charge on any atom is -0.481 e. The second-order valence-electron chi connectivity index (χ2n) is 9.98. The number of amides is 2. The molecule has 1 heterocycles. The largest absolute Gasteiger partial charge is 0.481 e. The van der Waals surface area contributed by atoms with E-state index in [0.29, 0.717) is 11.8 Å². The first-order chi connectivity index (χ1) is 16.0. The molecule has 2 aromatic rings. The van der Waals surface area contributed by atoms with Crippen LogP contribution in [0.4, 0.5) is 0 Å². The monoisotopic (exact) mass is 446 g/mol. The second kappa shape index (κ2) is 9.20. The van der Waals surface area contributed by atoms with Gasteiger partial charge in [-0.05, 0) is 74.8 Å². The minimum absolute atomic E-state index is 0.0662. The Kier molecular flexibility index (Phi) is 6.13. The van der Waals surface area contributed by atoms with E-state index >= 15 is 0 Å². The normalized spacial score (nSPS) is 21.4. The van der Waals surface area contributed by atoms with E-state index in [1.54, 1.807) is 6.92 Å². The lowest BCUT2D eigenvalue weighted by Gasteiger charge is -2.39. The first kappa shape index (κ1) is 22.0. The Morgan fingerprint density at radius 3 is 2.58 bits per heavy atom. The van der Waals surface area contributed by atoms with Crippen molar-refractivity contribution in [3.63, 3.8) is 0 Å². The molecule has 5 nitrogen and oxygen atoms in total. The van der Waals surface area contributed by atoms with Gasteiger partial charge in [0.15, 0.2) is 6.10 Å². The Balaban J connectivity index is 1.46. The Morgan fingerprint density at radius 2 is 1.85 bits per heavy atom. The molecule has 2 aromatic carbocycles. The van der Waals surface area contributed by atoms with Gasteiger partial charge < -0.3 is 15.0 Å². The average molecular weight is 447 g/mol. The molecule has 0 aromatic heterocycles. The van der Waals surface area contributed by atoms with Crippen LogP contribution in [0, 0.1) is 12.8 Å². The van der Waals surface area contributed by atoms with Gasteiger partial charge in [0.25, 0.3) is 5.91 Å². The van der Waals surface area contributed by atoms with E-state index in [0.717, 1.165) is 62.6 Å². The topological polar surface area (TPSA) is 58.6 Å². The maximum absolute atomic E-state index is 13.6. The summed E-state index contributed by atoms with van der Waals surface area (Å²) < 4.78 is 6.06. The van der Waals surface area contributed by atoms with Crippen molar-refractivity contribution in [1.82, 2.24) is 10.2 Å². The summed E-state index contributed by atoms with van der Waals surface area (Å²) >= 11 is 0. The van der Waals surface area contributed by atoms with Crippen LogP contribution in [0.15, 0.2) is 42.5 Å². The highest BCUT2D eigenvalue weighted by Crippen LogP contribution is 2.40. The fraction of sp³-hybridized carbons (Fsp3) is 0.500. The molecule has 3 aliphatic rings. The molecule has 2 amide bonds. The lowest BCUT2D eigenvalue weighted by Crippen LogP contribution is -2.43. The Labute approximate surface area is 196 Å². The molecule has 5 rings (SSSR count). The molecule has 174 valence electrons. The zero-order valence-corrected chi connectivity index (χ0v) is 19.7. The first-order valence-corrected chi connectivity index (χ1v) is 12.5. The molecule has 33 heavy (non-hydrogen) atoms. The van der Waals surface area contributed by atoms with Crippen LogP contribution in [0.2, 0.25) is 0 Å². The molecule has 0 saturated heterocycles. The van der Waals surface area contributed by atoms with Crippen LogP contribution < -0.4 is 10.1 Å². The van der Waals surface area contributed by atoms with Crippen LogP contribution in [0.1, 0.15) is 73.7 Å². The number of hydrogen-bond acceptors (Lipinski definition) is 3. The van der Waals surface area contributed by atoms with Gasteiger partial charge in [-0.15, -0.1) is 0 Å². The summed E-state index contributed by atoms with van der Waals surface area (Å²) in [5, 5.41) is 3.01. The Bertz CT molecular complexity index is 1040. The highest BCUT2D eigenvalue weighted by Gasteiger charge is 2.36. The summed E-state index contributed by atoms with van der Waals surface area (Å²) in [5.41, 5.74) is 4.69. The van der Waals surface area contributed by atoms with Crippen LogP contribution >= 0.6 is 0 Å². The predicted octanol–water partition coefficient (Wildman–Crippen LogP) is 4.71. The zero-order valence-electron chi connectivity index (χ0n) is 19.7. The van der Waals surface area contributed by atoms with E-state index in [2.05, 4.69) is 53.5 Å². The number of benzene rings is 2. The standard InChI is InChI=1S/C28H34N2O3/c1-18-6-5-9-22(16-18)26-25-17-24(33-19(2)27(31)29-23-11-12-23)13-10-20(25)14-15-30(26)28(32)21-7-3-4-8-21/h5-6,9-10,13,16-17,19,21,23,26H,3-4,7-8,11-12,14-15H2,1-2H3,(H,29,31)/t19-,26+/m0/s1. The molecule has 0 bridgehead atoms. The quantitative estimate of drug-likeness (QED) is 0.699. The zero-order chi connectivity index (χ0) is 22.9. The summed E-state index contributed by atoms with van der Waals surface area (Å²) in [5.74, 6) is 1.04. The third-order valence-electron chi connectivity index (χ3n) is 7.30. The van der Waals surface area contributed by atoms with Gasteiger partial charge in [0.05, 0.1) is 6.04 Å². The van der Waals surface area contributed by atoms with Gasteiger partial charge in [-0.1, -0.05) is 48.7 Å². The molecule has 5 heteroatoms.